The summed E-state index contributed by atoms with van der Waals surface area (Å²) in [5.41, 5.74) is -0.959. The van der Waals surface area contributed by atoms with Gasteiger partial charge in [0.05, 0.1) is 0 Å². The predicted octanol–water partition coefficient (Wildman–Crippen LogP) is 2.55. The number of halogens is 5. The molecule has 1 saturated heterocycles. The van der Waals surface area contributed by atoms with Crippen molar-refractivity contribution in [3.8, 4) is 0 Å². The topological polar surface area (TPSA) is 20.3 Å². The summed E-state index contributed by atoms with van der Waals surface area (Å²) in [7, 11) is 0. The molecular weight excluding hydrogens is 257 g/mol. The van der Waals surface area contributed by atoms with Crippen molar-refractivity contribution < 1.29 is 26.7 Å². The van der Waals surface area contributed by atoms with Gasteiger partial charge in [-0.15, -0.1) is 0 Å². The number of piperidine rings is 1. The highest BCUT2D eigenvalue weighted by atomic mass is 19.2. The van der Waals surface area contributed by atoms with Crippen LogP contribution in [0.15, 0.2) is 0 Å². The average Bonchev–Trinajstić information content (AvgIpc) is 2.36. The number of ketones is 1. The number of benzene rings is 1. The Kier molecular flexibility index (Phi) is 3.23. The monoisotopic (exact) mass is 265 g/mol. The van der Waals surface area contributed by atoms with E-state index in [0.29, 0.717) is 0 Å². The van der Waals surface area contributed by atoms with E-state index in [2.05, 4.69) is 0 Å². The van der Waals surface area contributed by atoms with Crippen LogP contribution < -0.4 is 4.90 Å². The number of hydrogen-bond acceptors (Lipinski definition) is 2. The van der Waals surface area contributed by atoms with E-state index < -0.39 is 34.8 Å². The summed E-state index contributed by atoms with van der Waals surface area (Å²) in [5, 5.41) is 0. The van der Waals surface area contributed by atoms with Crippen molar-refractivity contribution in [1.82, 2.24) is 0 Å². The first-order chi connectivity index (χ1) is 8.43. The molecule has 0 atom stereocenters. The molecule has 1 aromatic rings. The van der Waals surface area contributed by atoms with Gasteiger partial charge in [0.2, 0.25) is 5.82 Å². The second kappa shape index (κ2) is 4.55. The molecule has 0 amide bonds. The molecule has 2 nitrogen and oxygen atoms in total. The van der Waals surface area contributed by atoms with Gasteiger partial charge in [0, 0.05) is 25.9 Å². The third-order valence-electron chi connectivity index (χ3n) is 2.82. The molecule has 1 fully saturated rings. The second-order valence-electron chi connectivity index (χ2n) is 3.94. The van der Waals surface area contributed by atoms with Gasteiger partial charge in [-0.05, 0) is 0 Å². The van der Waals surface area contributed by atoms with Crippen molar-refractivity contribution >= 4 is 11.5 Å². The van der Waals surface area contributed by atoms with Crippen molar-refractivity contribution in [2.75, 3.05) is 18.0 Å². The summed E-state index contributed by atoms with van der Waals surface area (Å²) in [5.74, 6) is -9.94. The first kappa shape index (κ1) is 12.8. The fraction of sp³-hybridized carbons (Fsp3) is 0.364. The summed E-state index contributed by atoms with van der Waals surface area (Å²) in [4.78, 5) is 12.0. The molecule has 0 unspecified atom stereocenters. The number of Topliss-reactive ketones (excluding diaryl/α,β-unsaturated/α-hetero) is 1. The highest BCUT2D eigenvalue weighted by Crippen LogP contribution is 2.31. The first-order valence-electron chi connectivity index (χ1n) is 5.21. The minimum atomic E-state index is -2.18. The lowest BCUT2D eigenvalue weighted by Crippen LogP contribution is -2.35. The van der Waals surface area contributed by atoms with E-state index in [0.717, 1.165) is 4.90 Å². The highest BCUT2D eigenvalue weighted by Gasteiger charge is 2.30. The number of hydrogen-bond donors (Lipinski definition) is 0. The summed E-state index contributed by atoms with van der Waals surface area (Å²) in [6, 6.07) is 0. The van der Waals surface area contributed by atoms with Crippen molar-refractivity contribution in [1.29, 1.82) is 0 Å². The van der Waals surface area contributed by atoms with Gasteiger partial charge in [-0.2, -0.15) is 0 Å². The molecule has 1 aliphatic heterocycles. The van der Waals surface area contributed by atoms with E-state index in [1.165, 1.54) is 0 Å². The number of carbonyl (C=O) groups is 1. The Hall–Kier alpha value is -1.66. The average molecular weight is 265 g/mol. The zero-order chi connectivity index (χ0) is 13.4. The van der Waals surface area contributed by atoms with Crippen molar-refractivity contribution in [2.24, 2.45) is 0 Å². The lowest BCUT2D eigenvalue weighted by molar-refractivity contribution is -0.119. The second-order valence-corrected chi connectivity index (χ2v) is 3.94. The van der Waals surface area contributed by atoms with E-state index in [-0.39, 0.29) is 31.7 Å². The molecule has 0 aliphatic carbocycles. The van der Waals surface area contributed by atoms with Crippen LogP contribution in [0.25, 0.3) is 0 Å². The molecule has 0 saturated carbocycles. The Bertz CT molecular complexity index is 478. The minimum absolute atomic E-state index is 0.0273. The van der Waals surface area contributed by atoms with Crippen molar-refractivity contribution in [3.05, 3.63) is 29.1 Å². The molecule has 1 aromatic carbocycles. The fourth-order valence-electron chi connectivity index (χ4n) is 1.85. The molecule has 0 N–H and O–H groups in total. The van der Waals surface area contributed by atoms with E-state index in [1.807, 2.05) is 0 Å². The first-order valence-corrected chi connectivity index (χ1v) is 5.21. The van der Waals surface area contributed by atoms with Gasteiger partial charge in [0.25, 0.3) is 0 Å². The van der Waals surface area contributed by atoms with E-state index in [4.69, 9.17) is 0 Å². The van der Waals surface area contributed by atoms with Crippen LogP contribution in [0.3, 0.4) is 0 Å². The smallest absolute Gasteiger partial charge is 0.200 e. The van der Waals surface area contributed by atoms with E-state index in [1.54, 1.807) is 0 Å². The maximum Gasteiger partial charge on any atom is 0.200 e. The number of anilines is 1. The van der Waals surface area contributed by atoms with Crippen LogP contribution in [0.2, 0.25) is 0 Å². The molecule has 0 aromatic heterocycles. The highest BCUT2D eigenvalue weighted by molar-refractivity contribution is 5.81. The maximum absolute atomic E-state index is 13.4. The summed E-state index contributed by atoms with van der Waals surface area (Å²) < 4.78 is 65.7. The minimum Gasteiger partial charge on any atom is -0.366 e. The summed E-state index contributed by atoms with van der Waals surface area (Å²) >= 11 is 0. The predicted molar refractivity (Wildman–Crippen MR) is 52.7 cm³/mol. The zero-order valence-electron chi connectivity index (χ0n) is 9.07. The Morgan fingerprint density at radius 3 is 1.56 bits per heavy atom. The zero-order valence-corrected chi connectivity index (χ0v) is 9.07. The molecule has 0 spiro atoms. The standard InChI is InChI=1S/C11H8F5NO/c12-6-7(13)9(15)11(10(16)8(6)14)17-3-1-5(18)2-4-17/h1-4H2. The van der Waals surface area contributed by atoms with Crippen LogP contribution in [-0.4, -0.2) is 18.9 Å². The lowest BCUT2D eigenvalue weighted by Gasteiger charge is -2.28. The quantitative estimate of drug-likeness (QED) is 0.442. The van der Waals surface area contributed by atoms with Crippen LogP contribution in [-0.2, 0) is 4.79 Å². The van der Waals surface area contributed by atoms with Crippen LogP contribution >= 0.6 is 0 Å². The van der Waals surface area contributed by atoms with E-state index >= 15 is 0 Å². The maximum atomic E-state index is 13.4. The normalized spacial score (nSPS) is 16.3. The molecule has 7 heteroatoms. The van der Waals surface area contributed by atoms with Gasteiger partial charge >= 0.3 is 0 Å². The molecule has 1 heterocycles. The third kappa shape index (κ3) is 1.93. The largest absolute Gasteiger partial charge is 0.366 e. The van der Waals surface area contributed by atoms with Gasteiger partial charge in [0.15, 0.2) is 23.3 Å². The number of nitrogens with zero attached hydrogens (tertiary/aromatic N) is 1. The number of rotatable bonds is 1. The third-order valence-corrected chi connectivity index (χ3v) is 2.82. The van der Waals surface area contributed by atoms with Gasteiger partial charge in [0.1, 0.15) is 11.5 Å². The van der Waals surface area contributed by atoms with Crippen LogP contribution in [0, 0.1) is 29.1 Å². The van der Waals surface area contributed by atoms with Crippen molar-refractivity contribution in [2.45, 2.75) is 12.8 Å². The molecule has 2 rings (SSSR count). The van der Waals surface area contributed by atoms with Crippen molar-refractivity contribution in [3.63, 3.8) is 0 Å². The summed E-state index contributed by atoms with van der Waals surface area (Å²) in [6.45, 7) is -0.117. The number of carbonyl (C=O) groups excluding carboxylic acids is 1. The Balaban J connectivity index is 2.48. The molecule has 0 radical (unpaired) electrons. The molecule has 18 heavy (non-hydrogen) atoms. The Morgan fingerprint density at radius 1 is 0.722 bits per heavy atom. The molecule has 98 valence electrons. The van der Waals surface area contributed by atoms with Crippen LogP contribution in [0.5, 0.6) is 0 Å². The molecule has 0 bridgehead atoms. The Labute approximate surface area is 99.0 Å². The van der Waals surface area contributed by atoms with Gasteiger partial charge in [-0.3, -0.25) is 4.79 Å². The van der Waals surface area contributed by atoms with Gasteiger partial charge < -0.3 is 4.90 Å². The Morgan fingerprint density at radius 2 is 1.11 bits per heavy atom. The molecular formula is C11H8F5NO. The van der Waals surface area contributed by atoms with Crippen LogP contribution in [0.1, 0.15) is 12.8 Å². The van der Waals surface area contributed by atoms with Crippen LogP contribution in [0.4, 0.5) is 27.6 Å². The van der Waals surface area contributed by atoms with E-state index in [9.17, 15) is 26.7 Å². The summed E-state index contributed by atoms with van der Waals surface area (Å²) in [6.07, 6.45) is 0.0546. The molecule has 1 aliphatic rings. The van der Waals surface area contributed by atoms with Gasteiger partial charge in [-0.25, -0.2) is 22.0 Å². The van der Waals surface area contributed by atoms with Gasteiger partial charge in [-0.1, -0.05) is 0 Å². The fourth-order valence-corrected chi connectivity index (χ4v) is 1.85. The SMILES string of the molecule is O=C1CCN(c2c(F)c(F)c(F)c(F)c2F)CC1. The lowest BCUT2D eigenvalue weighted by atomic mass is 10.1.